The average molecular weight is 181 g/mol. The van der Waals surface area contributed by atoms with Gasteiger partial charge in [0.25, 0.3) is 0 Å². The highest BCUT2D eigenvalue weighted by Crippen LogP contribution is 2.37. The van der Waals surface area contributed by atoms with E-state index < -0.39 is 0 Å². The molecule has 0 saturated heterocycles. The van der Waals surface area contributed by atoms with E-state index in [1.807, 2.05) is 0 Å². The number of hydrogen-bond acceptors (Lipinski definition) is 0. The van der Waals surface area contributed by atoms with Crippen molar-refractivity contribution in [3.63, 3.8) is 0 Å². The number of hydrogen-bond donors (Lipinski definition) is 0. The van der Waals surface area contributed by atoms with E-state index >= 15 is 0 Å². The van der Waals surface area contributed by atoms with Crippen LogP contribution in [0.5, 0.6) is 0 Å². The monoisotopic (exact) mass is 181 g/mol. The minimum Gasteiger partial charge on any atom is -0.0654 e. The van der Waals surface area contributed by atoms with Crippen molar-refractivity contribution in [3.05, 3.63) is 6.42 Å². The first-order valence-corrected chi connectivity index (χ1v) is 6.21. The van der Waals surface area contributed by atoms with Crippen LogP contribution in [0.25, 0.3) is 0 Å². The molecule has 1 aliphatic carbocycles. The summed E-state index contributed by atoms with van der Waals surface area (Å²) in [5.41, 5.74) is 0. The van der Waals surface area contributed by atoms with Crippen molar-refractivity contribution in [1.82, 2.24) is 0 Å². The standard InChI is InChI=1S/C13H25/c1-3-5-8-12-10-7-11-13(12)9-6-4-2/h8,12-13H,3-7,9-11H2,1-2H3/t12-,13+/m0/s1. The molecule has 0 aromatic rings. The Morgan fingerprint density at radius 3 is 2.69 bits per heavy atom. The summed E-state index contributed by atoms with van der Waals surface area (Å²) in [4.78, 5) is 0. The molecule has 0 unspecified atom stereocenters. The molecule has 1 saturated carbocycles. The molecule has 2 atom stereocenters. The molecule has 0 spiro atoms. The molecule has 1 rings (SSSR count). The summed E-state index contributed by atoms with van der Waals surface area (Å²) in [5.74, 6) is 2.03. The maximum absolute atomic E-state index is 2.60. The van der Waals surface area contributed by atoms with Crippen molar-refractivity contribution in [2.45, 2.75) is 65.2 Å². The van der Waals surface area contributed by atoms with Crippen LogP contribution in [0.15, 0.2) is 0 Å². The third-order valence-corrected chi connectivity index (χ3v) is 3.40. The van der Waals surface area contributed by atoms with Gasteiger partial charge in [-0.3, -0.25) is 0 Å². The first-order chi connectivity index (χ1) is 6.38. The Kier molecular flexibility index (Phi) is 5.50. The summed E-state index contributed by atoms with van der Waals surface area (Å²) in [6, 6.07) is 0. The molecule has 1 radical (unpaired) electrons. The maximum atomic E-state index is 2.60. The summed E-state index contributed by atoms with van der Waals surface area (Å²) in [5, 5.41) is 0. The Balaban J connectivity index is 2.18. The van der Waals surface area contributed by atoms with E-state index in [1.165, 1.54) is 51.4 Å². The summed E-state index contributed by atoms with van der Waals surface area (Å²) >= 11 is 0. The fraction of sp³-hybridized carbons (Fsp3) is 0.923. The summed E-state index contributed by atoms with van der Waals surface area (Å²) < 4.78 is 0. The van der Waals surface area contributed by atoms with Crippen LogP contribution in [0.3, 0.4) is 0 Å². The minimum absolute atomic E-state index is 0.978. The summed E-state index contributed by atoms with van der Waals surface area (Å²) in [7, 11) is 0. The molecular formula is C13H25. The Hall–Kier alpha value is 0. The quantitative estimate of drug-likeness (QED) is 0.562. The van der Waals surface area contributed by atoms with Gasteiger partial charge in [0.05, 0.1) is 0 Å². The van der Waals surface area contributed by atoms with Crippen LogP contribution in [0.2, 0.25) is 0 Å². The zero-order valence-electron chi connectivity index (χ0n) is 9.39. The molecule has 0 nitrogen and oxygen atoms in total. The molecule has 0 N–H and O–H groups in total. The van der Waals surface area contributed by atoms with Crippen LogP contribution >= 0.6 is 0 Å². The predicted molar refractivity (Wildman–Crippen MR) is 59.6 cm³/mol. The SMILES string of the molecule is CCC[CH][C@H]1CCC[C@H]1CCCC. The van der Waals surface area contributed by atoms with E-state index in [-0.39, 0.29) is 0 Å². The number of rotatable bonds is 6. The van der Waals surface area contributed by atoms with Gasteiger partial charge in [-0.05, 0) is 24.7 Å². The molecule has 1 aliphatic rings. The highest BCUT2D eigenvalue weighted by Gasteiger charge is 2.25. The molecule has 0 amide bonds. The predicted octanol–water partition coefficient (Wildman–Crippen LogP) is 4.60. The van der Waals surface area contributed by atoms with Gasteiger partial charge in [0.15, 0.2) is 0 Å². The molecule has 13 heavy (non-hydrogen) atoms. The molecular weight excluding hydrogens is 156 g/mol. The average Bonchev–Trinajstić information content (AvgIpc) is 2.59. The second-order valence-electron chi connectivity index (χ2n) is 4.52. The second-order valence-corrected chi connectivity index (χ2v) is 4.52. The van der Waals surface area contributed by atoms with E-state index in [4.69, 9.17) is 0 Å². The maximum Gasteiger partial charge on any atom is -0.0352 e. The van der Waals surface area contributed by atoms with Gasteiger partial charge in [-0.2, -0.15) is 0 Å². The van der Waals surface area contributed by atoms with Gasteiger partial charge in [0.1, 0.15) is 0 Å². The van der Waals surface area contributed by atoms with E-state index in [0.717, 1.165) is 11.8 Å². The normalized spacial score (nSPS) is 28.2. The lowest BCUT2D eigenvalue weighted by atomic mass is 9.87. The van der Waals surface area contributed by atoms with Crippen LogP contribution in [0.1, 0.15) is 65.2 Å². The van der Waals surface area contributed by atoms with Crippen molar-refractivity contribution < 1.29 is 0 Å². The molecule has 0 bridgehead atoms. The Morgan fingerprint density at radius 2 is 2.00 bits per heavy atom. The van der Waals surface area contributed by atoms with Crippen molar-refractivity contribution >= 4 is 0 Å². The topological polar surface area (TPSA) is 0 Å². The molecule has 0 heterocycles. The van der Waals surface area contributed by atoms with E-state index in [0.29, 0.717) is 0 Å². The fourth-order valence-electron chi connectivity index (χ4n) is 2.58. The van der Waals surface area contributed by atoms with Gasteiger partial charge in [0.2, 0.25) is 0 Å². The van der Waals surface area contributed by atoms with Gasteiger partial charge in [-0.15, -0.1) is 0 Å². The lowest BCUT2D eigenvalue weighted by molar-refractivity contribution is 0.384. The van der Waals surface area contributed by atoms with Crippen molar-refractivity contribution in [3.8, 4) is 0 Å². The van der Waals surface area contributed by atoms with Gasteiger partial charge < -0.3 is 0 Å². The van der Waals surface area contributed by atoms with Crippen molar-refractivity contribution in [1.29, 1.82) is 0 Å². The summed E-state index contributed by atoms with van der Waals surface area (Å²) in [6.07, 6.45) is 14.1. The minimum atomic E-state index is 0.978. The zero-order valence-corrected chi connectivity index (χ0v) is 9.39. The molecule has 1 fully saturated rings. The Morgan fingerprint density at radius 1 is 1.15 bits per heavy atom. The van der Waals surface area contributed by atoms with Crippen LogP contribution in [0, 0.1) is 18.3 Å². The third-order valence-electron chi connectivity index (χ3n) is 3.40. The molecule has 0 heteroatoms. The van der Waals surface area contributed by atoms with Crippen LogP contribution < -0.4 is 0 Å². The molecule has 0 aromatic carbocycles. The smallest absolute Gasteiger partial charge is 0.0352 e. The molecule has 0 aliphatic heterocycles. The van der Waals surface area contributed by atoms with Gasteiger partial charge in [-0.1, -0.05) is 58.8 Å². The van der Waals surface area contributed by atoms with Crippen LogP contribution in [0.4, 0.5) is 0 Å². The second kappa shape index (κ2) is 6.45. The lowest BCUT2D eigenvalue weighted by Crippen LogP contribution is -2.08. The van der Waals surface area contributed by atoms with Crippen molar-refractivity contribution in [2.24, 2.45) is 11.8 Å². The van der Waals surface area contributed by atoms with E-state index in [1.54, 1.807) is 0 Å². The highest BCUT2D eigenvalue weighted by molar-refractivity contribution is 4.86. The van der Waals surface area contributed by atoms with E-state index in [2.05, 4.69) is 20.3 Å². The van der Waals surface area contributed by atoms with Crippen LogP contribution in [-0.4, -0.2) is 0 Å². The molecule has 77 valence electrons. The third kappa shape index (κ3) is 3.70. The number of unbranched alkanes of at least 4 members (excludes halogenated alkanes) is 2. The Bertz CT molecular complexity index is 103. The Labute approximate surface area is 84.1 Å². The van der Waals surface area contributed by atoms with Crippen molar-refractivity contribution in [2.75, 3.05) is 0 Å². The van der Waals surface area contributed by atoms with Gasteiger partial charge >= 0.3 is 0 Å². The van der Waals surface area contributed by atoms with Crippen LogP contribution in [-0.2, 0) is 0 Å². The first-order valence-electron chi connectivity index (χ1n) is 6.21. The molecule has 0 aromatic heterocycles. The highest BCUT2D eigenvalue weighted by atomic mass is 14.3. The summed E-state index contributed by atoms with van der Waals surface area (Å²) in [6.45, 7) is 4.59. The lowest BCUT2D eigenvalue weighted by Gasteiger charge is -2.18. The van der Waals surface area contributed by atoms with Gasteiger partial charge in [0, 0.05) is 0 Å². The van der Waals surface area contributed by atoms with Gasteiger partial charge in [-0.25, -0.2) is 0 Å². The fourth-order valence-corrected chi connectivity index (χ4v) is 2.58. The largest absolute Gasteiger partial charge is 0.0654 e. The first kappa shape index (κ1) is 11.1. The van der Waals surface area contributed by atoms with E-state index in [9.17, 15) is 0 Å². The zero-order chi connectivity index (χ0) is 9.52.